The van der Waals surface area contributed by atoms with Gasteiger partial charge in [0.25, 0.3) is 0 Å². The summed E-state index contributed by atoms with van der Waals surface area (Å²) in [5.41, 5.74) is 5.87. The molecule has 1 aromatic heterocycles. The van der Waals surface area contributed by atoms with Gasteiger partial charge in [0.05, 0.1) is 6.20 Å². The minimum Gasteiger partial charge on any atom is -0.351 e. The molecule has 2 unspecified atom stereocenters. The van der Waals surface area contributed by atoms with Crippen molar-refractivity contribution in [1.82, 2.24) is 9.97 Å². The van der Waals surface area contributed by atoms with Crippen molar-refractivity contribution in [2.24, 2.45) is 11.7 Å². The predicted molar refractivity (Wildman–Crippen MR) is 70.2 cm³/mol. The van der Waals surface area contributed by atoms with Gasteiger partial charge in [-0.15, -0.1) is 0 Å². The minimum absolute atomic E-state index is 0.348. The lowest BCUT2D eigenvalue weighted by Crippen LogP contribution is -2.47. The Morgan fingerprint density at radius 2 is 2.41 bits per heavy atom. The van der Waals surface area contributed by atoms with E-state index >= 15 is 0 Å². The Morgan fingerprint density at radius 1 is 1.59 bits per heavy atom. The van der Waals surface area contributed by atoms with Gasteiger partial charge in [0.15, 0.2) is 5.82 Å². The molecular formula is C12H19ClN4. The maximum absolute atomic E-state index is 6.14. The summed E-state index contributed by atoms with van der Waals surface area (Å²) in [7, 11) is 0. The van der Waals surface area contributed by atoms with Crippen molar-refractivity contribution in [2.45, 2.75) is 32.2 Å². The van der Waals surface area contributed by atoms with E-state index in [-0.39, 0.29) is 0 Å². The standard InChI is InChI=1S/C12H19ClN4/c1-2-9-3-4-17(10(5-9)6-14)12-11(13)7-15-8-16-12/h7-10H,2-6,14H2,1H3. The molecular weight excluding hydrogens is 236 g/mol. The molecule has 2 N–H and O–H groups in total. The third-order valence-corrected chi connectivity index (χ3v) is 3.86. The van der Waals surface area contributed by atoms with Gasteiger partial charge >= 0.3 is 0 Å². The molecule has 0 bridgehead atoms. The summed E-state index contributed by atoms with van der Waals surface area (Å²) in [5.74, 6) is 1.60. The molecule has 2 rings (SSSR count). The molecule has 0 saturated carbocycles. The summed E-state index contributed by atoms with van der Waals surface area (Å²) in [5, 5.41) is 0.612. The molecule has 0 radical (unpaired) electrons. The molecule has 1 aromatic rings. The fourth-order valence-corrected chi connectivity index (χ4v) is 2.74. The lowest BCUT2D eigenvalue weighted by Gasteiger charge is -2.39. The predicted octanol–water partition coefficient (Wildman–Crippen LogP) is 2.08. The van der Waals surface area contributed by atoms with Crippen molar-refractivity contribution in [3.63, 3.8) is 0 Å². The van der Waals surface area contributed by atoms with Gasteiger partial charge < -0.3 is 10.6 Å². The van der Waals surface area contributed by atoms with E-state index in [1.54, 1.807) is 12.5 Å². The van der Waals surface area contributed by atoms with Crippen LogP contribution in [-0.4, -0.2) is 29.1 Å². The molecule has 2 heterocycles. The average molecular weight is 255 g/mol. The van der Waals surface area contributed by atoms with Gasteiger partial charge in [0.2, 0.25) is 0 Å². The van der Waals surface area contributed by atoms with Gasteiger partial charge in [0, 0.05) is 19.1 Å². The molecule has 17 heavy (non-hydrogen) atoms. The Morgan fingerprint density at radius 3 is 3.06 bits per heavy atom. The second kappa shape index (κ2) is 5.65. The van der Waals surface area contributed by atoms with Crippen LogP contribution in [0.1, 0.15) is 26.2 Å². The summed E-state index contributed by atoms with van der Waals surface area (Å²) in [6, 6.07) is 0.348. The molecule has 2 atom stereocenters. The van der Waals surface area contributed by atoms with E-state index in [9.17, 15) is 0 Å². The normalized spacial score (nSPS) is 25.0. The fourth-order valence-electron chi connectivity index (χ4n) is 2.52. The van der Waals surface area contributed by atoms with E-state index in [2.05, 4.69) is 21.8 Å². The van der Waals surface area contributed by atoms with Crippen LogP contribution in [0.3, 0.4) is 0 Å². The third-order valence-electron chi connectivity index (χ3n) is 3.59. The highest BCUT2D eigenvalue weighted by atomic mass is 35.5. The summed E-state index contributed by atoms with van der Waals surface area (Å²) in [4.78, 5) is 10.4. The zero-order valence-corrected chi connectivity index (χ0v) is 10.9. The van der Waals surface area contributed by atoms with Crippen LogP contribution in [0.4, 0.5) is 5.82 Å². The molecule has 5 heteroatoms. The highest BCUT2D eigenvalue weighted by molar-refractivity contribution is 6.32. The molecule has 1 aliphatic heterocycles. The fraction of sp³-hybridized carbons (Fsp3) is 0.667. The van der Waals surface area contributed by atoms with Crippen molar-refractivity contribution in [2.75, 3.05) is 18.0 Å². The Labute approximate surface area is 107 Å². The third kappa shape index (κ3) is 2.69. The summed E-state index contributed by atoms with van der Waals surface area (Å²) in [6.07, 6.45) is 6.73. The first-order valence-electron chi connectivity index (χ1n) is 6.18. The van der Waals surface area contributed by atoms with Crippen LogP contribution in [0.2, 0.25) is 5.02 Å². The number of aromatic nitrogens is 2. The van der Waals surface area contributed by atoms with Gasteiger partial charge in [-0.3, -0.25) is 0 Å². The number of nitrogens with two attached hydrogens (primary N) is 1. The number of anilines is 1. The highest BCUT2D eigenvalue weighted by Gasteiger charge is 2.28. The molecule has 1 aliphatic rings. The second-order valence-electron chi connectivity index (χ2n) is 4.58. The van der Waals surface area contributed by atoms with Crippen LogP contribution in [-0.2, 0) is 0 Å². The van der Waals surface area contributed by atoms with Crippen LogP contribution < -0.4 is 10.6 Å². The van der Waals surface area contributed by atoms with Crippen molar-refractivity contribution >= 4 is 17.4 Å². The molecule has 4 nitrogen and oxygen atoms in total. The van der Waals surface area contributed by atoms with Crippen molar-refractivity contribution in [3.05, 3.63) is 17.5 Å². The van der Waals surface area contributed by atoms with Crippen LogP contribution in [0, 0.1) is 5.92 Å². The van der Waals surface area contributed by atoms with E-state index in [0.29, 0.717) is 17.6 Å². The zero-order valence-electron chi connectivity index (χ0n) is 10.1. The van der Waals surface area contributed by atoms with E-state index in [1.807, 2.05) is 0 Å². The van der Waals surface area contributed by atoms with Crippen molar-refractivity contribution in [1.29, 1.82) is 0 Å². The van der Waals surface area contributed by atoms with Gasteiger partial charge in [-0.2, -0.15) is 0 Å². The Balaban J connectivity index is 2.18. The number of piperidine rings is 1. The van der Waals surface area contributed by atoms with E-state index < -0.39 is 0 Å². The van der Waals surface area contributed by atoms with Crippen LogP contribution >= 0.6 is 11.6 Å². The maximum Gasteiger partial charge on any atom is 0.151 e. The van der Waals surface area contributed by atoms with Gasteiger partial charge in [-0.1, -0.05) is 24.9 Å². The minimum atomic E-state index is 0.348. The van der Waals surface area contributed by atoms with Crippen LogP contribution in [0.15, 0.2) is 12.5 Å². The Hall–Kier alpha value is -0.870. The first-order chi connectivity index (χ1) is 8.26. The summed E-state index contributed by atoms with van der Waals surface area (Å²) in [6.45, 7) is 3.87. The Kier molecular flexibility index (Phi) is 4.18. The van der Waals surface area contributed by atoms with Gasteiger partial charge in [0.1, 0.15) is 11.3 Å². The van der Waals surface area contributed by atoms with Gasteiger partial charge in [-0.25, -0.2) is 9.97 Å². The van der Waals surface area contributed by atoms with E-state index in [4.69, 9.17) is 17.3 Å². The molecule has 1 saturated heterocycles. The number of hydrogen-bond donors (Lipinski definition) is 1. The maximum atomic E-state index is 6.14. The number of rotatable bonds is 3. The molecule has 0 amide bonds. The topological polar surface area (TPSA) is 55.0 Å². The SMILES string of the molecule is CCC1CCN(c2ncncc2Cl)C(CN)C1. The lowest BCUT2D eigenvalue weighted by atomic mass is 9.89. The smallest absolute Gasteiger partial charge is 0.151 e. The molecule has 0 aliphatic carbocycles. The number of hydrogen-bond acceptors (Lipinski definition) is 4. The first-order valence-corrected chi connectivity index (χ1v) is 6.56. The molecule has 94 valence electrons. The molecule has 0 spiro atoms. The largest absolute Gasteiger partial charge is 0.351 e. The highest BCUT2D eigenvalue weighted by Crippen LogP contribution is 2.31. The summed E-state index contributed by atoms with van der Waals surface area (Å²) < 4.78 is 0. The lowest BCUT2D eigenvalue weighted by molar-refractivity contribution is 0.334. The molecule has 0 aromatic carbocycles. The van der Waals surface area contributed by atoms with E-state index in [1.165, 1.54) is 12.8 Å². The van der Waals surface area contributed by atoms with E-state index in [0.717, 1.165) is 24.7 Å². The van der Waals surface area contributed by atoms with Crippen LogP contribution in [0.5, 0.6) is 0 Å². The number of nitrogens with zero attached hydrogens (tertiary/aromatic N) is 3. The Bertz CT molecular complexity index is 371. The summed E-state index contributed by atoms with van der Waals surface area (Å²) >= 11 is 6.14. The zero-order chi connectivity index (χ0) is 12.3. The van der Waals surface area contributed by atoms with Crippen LogP contribution in [0.25, 0.3) is 0 Å². The number of halogens is 1. The monoisotopic (exact) mass is 254 g/mol. The first kappa shape index (κ1) is 12.6. The van der Waals surface area contributed by atoms with Crippen molar-refractivity contribution in [3.8, 4) is 0 Å². The quantitative estimate of drug-likeness (QED) is 0.897. The molecule has 1 fully saturated rings. The van der Waals surface area contributed by atoms with Crippen molar-refractivity contribution < 1.29 is 0 Å². The van der Waals surface area contributed by atoms with Gasteiger partial charge in [-0.05, 0) is 18.8 Å². The average Bonchev–Trinajstić information content (AvgIpc) is 2.38. The second-order valence-corrected chi connectivity index (χ2v) is 4.98.